The third-order valence-electron chi connectivity index (χ3n) is 4.70. The van der Waals surface area contributed by atoms with Crippen LogP contribution in [-0.4, -0.2) is 19.0 Å². The second-order valence-corrected chi connectivity index (χ2v) is 6.65. The van der Waals surface area contributed by atoms with E-state index in [0.717, 1.165) is 42.9 Å². The Balaban J connectivity index is 1.73. The lowest BCUT2D eigenvalue weighted by Crippen LogP contribution is -2.28. The van der Waals surface area contributed by atoms with Crippen molar-refractivity contribution in [3.8, 4) is 6.07 Å². The van der Waals surface area contributed by atoms with Gasteiger partial charge in [-0.25, -0.2) is 0 Å². The average molecular weight is 349 g/mol. The SMILES string of the molecule is Cc1ccc(NC(=O)/C(C#N)=C/c2ccc(N3CCCCC3)o2)cc1C. The summed E-state index contributed by atoms with van der Waals surface area (Å²) in [5, 5.41) is 12.1. The van der Waals surface area contributed by atoms with Crippen LogP contribution in [0.1, 0.15) is 36.1 Å². The Kier molecular flexibility index (Phi) is 5.43. The molecule has 1 aliphatic heterocycles. The van der Waals surface area contributed by atoms with E-state index in [1.165, 1.54) is 12.5 Å². The number of aryl methyl sites for hydroxylation is 2. The first-order valence-corrected chi connectivity index (χ1v) is 8.92. The molecule has 1 saturated heterocycles. The summed E-state index contributed by atoms with van der Waals surface area (Å²) in [6, 6.07) is 11.3. The molecule has 1 amide bonds. The topological polar surface area (TPSA) is 69.3 Å². The Bertz CT molecular complexity index is 868. The van der Waals surface area contributed by atoms with E-state index in [1.807, 2.05) is 44.2 Å². The number of carbonyl (C=O) groups excluding carboxylic acids is 1. The van der Waals surface area contributed by atoms with Crippen molar-refractivity contribution in [2.24, 2.45) is 0 Å². The maximum atomic E-state index is 12.4. The molecule has 1 N–H and O–H groups in total. The van der Waals surface area contributed by atoms with Gasteiger partial charge in [0.25, 0.3) is 5.91 Å². The van der Waals surface area contributed by atoms with Crippen LogP contribution in [0, 0.1) is 25.2 Å². The molecular formula is C21H23N3O2. The molecule has 1 aliphatic rings. The molecule has 2 aromatic rings. The molecule has 0 atom stereocenters. The Morgan fingerprint density at radius 3 is 2.62 bits per heavy atom. The Labute approximate surface area is 153 Å². The fraction of sp³-hybridized carbons (Fsp3) is 0.333. The number of nitrogens with one attached hydrogen (secondary N) is 1. The quantitative estimate of drug-likeness (QED) is 0.655. The number of nitriles is 1. The molecule has 5 heteroatoms. The highest BCUT2D eigenvalue weighted by Crippen LogP contribution is 2.24. The second kappa shape index (κ2) is 7.92. The molecule has 134 valence electrons. The molecule has 1 aromatic carbocycles. The molecule has 26 heavy (non-hydrogen) atoms. The lowest BCUT2D eigenvalue weighted by molar-refractivity contribution is -0.112. The minimum Gasteiger partial charge on any atom is -0.441 e. The molecule has 0 saturated carbocycles. The van der Waals surface area contributed by atoms with Gasteiger partial charge in [-0.05, 0) is 62.4 Å². The van der Waals surface area contributed by atoms with E-state index in [0.29, 0.717) is 11.4 Å². The zero-order valence-electron chi connectivity index (χ0n) is 15.2. The van der Waals surface area contributed by atoms with Gasteiger partial charge in [0.2, 0.25) is 0 Å². The number of anilines is 2. The summed E-state index contributed by atoms with van der Waals surface area (Å²) in [4.78, 5) is 14.6. The van der Waals surface area contributed by atoms with Crippen LogP contribution in [0.4, 0.5) is 11.6 Å². The Morgan fingerprint density at radius 2 is 1.92 bits per heavy atom. The molecule has 2 heterocycles. The average Bonchev–Trinajstić information content (AvgIpc) is 3.12. The zero-order chi connectivity index (χ0) is 18.5. The predicted molar refractivity (Wildman–Crippen MR) is 103 cm³/mol. The van der Waals surface area contributed by atoms with E-state index >= 15 is 0 Å². The molecule has 3 rings (SSSR count). The minimum absolute atomic E-state index is 0.0165. The van der Waals surface area contributed by atoms with Gasteiger partial charge < -0.3 is 14.6 Å². The number of carbonyl (C=O) groups is 1. The van der Waals surface area contributed by atoms with Crippen LogP contribution >= 0.6 is 0 Å². The number of piperidine rings is 1. The van der Waals surface area contributed by atoms with Gasteiger partial charge >= 0.3 is 0 Å². The number of furan rings is 1. The predicted octanol–water partition coefficient (Wildman–Crippen LogP) is 4.43. The molecule has 0 spiro atoms. The van der Waals surface area contributed by atoms with Crippen LogP contribution in [0.25, 0.3) is 6.08 Å². The summed E-state index contributed by atoms with van der Waals surface area (Å²) in [5.41, 5.74) is 2.93. The zero-order valence-corrected chi connectivity index (χ0v) is 15.2. The van der Waals surface area contributed by atoms with Crippen molar-refractivity contribution in [3.05, 3.63) is 52.8 Å². The number of benzene rings is 1. The van der Waals surface area contributed by atoms with Gasteiger partial charge in [0.15, 0.2) is 5.88 Å². The Morgan fingerprint density at radius 1 is 1.15 bits per heavy atom. The minimum atomic E-state index is -0.438. The van der Waals surface area contributed by atoms with Gasteiger partial charge in [0.05, 0.1) is 0 Å². The fourth-order valence-corrected chi connectivity index (χ4v) is 3.01. The molecular weight excluding hydrogens is 326 g/mol. The highest BCUT2D eigenvalue weighted by Gasteiger charge is 2.15. The van der Waals surface area contributed by atoms with Crippen molar-refractivity contribution in [1.82, 2.24) is 0 Å². The largest absolute Gasteiger partial charge is 0.441 e. The van der Waals surface area contributed by atoms with Crippen molar-refractivity contribution >= 4 is 23.6 Å². The summed E-state index contributed by atoms with van der Waals surface area (Å²) in [6.07, 6.45) is 5.06. The maximum Gasteiger partial charge on any atom is 0.266 e. The summed E-state index contributed by atoms with van der Waals surface area (Å²) in [5.74, 6) is 0.867. The number of amides is 1. The number of hydrogen-bond donors (Lipinski definition) is 1. The lowest BCUT2D eigenvalue weighted by atomic mass is 10.1. The van der Waals surface area contributed by atoms with Crippen LogP contribution in [-0.2, 0) is 4.79 Å². The third kappa shape index (κ3) is 4.15. The lowest BCUT2D eigenvalue weighted by Gasteiger charge is -2.25. The third-order valence-corrected chi connectivity index (χ3v) is 4.70. The first-order chi connectivity index (χ1) is 12.6. The summed E-state index contributed by atoms with van der Waals surface area (Å²) < 4.78 is 5.81. The maximum absolute atomic E-state index is 12.4. The van der Waals surface area contributed by atoms with E-state index < -0.39 is 5.91 Å². The van der Waals surface area contributed by atoms with Crippen molar-refractivity contribution < 1.29 is 9.21 Å². The van der Waals surface area contributed by atoms with Crippen molar-refractivity contribution in [2.75, 3.05) is 23.3 Å². The first kappa shape index (κ1) is 17.8. The van der Waals surface area contributed by atoms with E-state index in [-0.39, 0.29) is 5.57 Å². The normalized spacial score (nSPS) is 14.8. The van der Waals surface area contributed by atoms with Crippen LogP contribution < -0.4 is 10.2 Å². The van der Waals surface area contributed by atoms with E-state index in [9.17, 15) is 10.1 Å². The molecule has 0 aliphatic carbocycles. The first-order valence-electron chi connectivity index (χ1n) is 8.92. The van der Waals surface area contributed by atoms with Crippen LogP contribution in [0.5, 0.6) is 0 Å². The van der Waals surface area contributed by atoms with Gasteiger partial charge in [-0.1, -0.05) is 6.07 Å². The van der Waals surface area contributed by atoms with E-state index in [4.69, 9.17) is 4.42 Å². The van der Waals surface area contributed by atoms with Crippen LogP contribution in [0.3, 0.4) is 0 Å². The van der Waals surface area contributed by atoms with Crippen molar-refractivity contribution in [3.63, 3.8) is 0 Å². The van der Waals surface area contributed by atoms with Crippen LogP contribution in [0.2, 0.25) is 0 Å². The van der Waals surface area contributed by atoms with Crippen LogP contribution in [0.15, 0.2) is 40.3 Å². The van der Waals surface area contributed by atoms with Crippen molar-refractivity contribution in [1.29, 1.82) is 5.26 Å². The van der Waals surface area contributed by atoms with E-state index in [1.54, 1.807) is 6.07 Å². The number of nitrogens with zero attached hydrogens (tertiary/aromatic N) is 2. The Hall–Kier alpha value is -3.00. The van der Waals surface area contributed by atoms with Crippen molar-refractivity contribution in [2.45, 2.75) is 33.1 Å². The number of hydrogen-bond acceptors (Lipinski definition) is 4. The molecule has 5 nitrogen and oxygen atoms in total. The summed E-state index contributed by atoms with van der Waals surface area (Å²) >= 11 is 0. The van der Waals surface area contributed by atoms with Gasteiger partial charge in [0.1, 0.15) is 17.4 Å². The fourth-order valence-electron chi connectivity index (χ4n) is 3.01. The monoisotopic (exact) mass is 349 g/mol. The van der Waals surface area contributed by atoms with Gasteiger partial charge in [-0.3, -0.25) is 4.79 Å². The second-order valence-electron chi connectivity index (χ2n) is 6.65. The molecule has 0 unspecified atom stereocenters. The summed E-state index contributed by atoms with van der Waals surface area (Å²) in [7, 11) is 0. The molecule has 1 fully saturated rings. The smallest absolute Gasteiger partial charge is 0.266 e. The molecule has 1 aromatic heterocycles. The van der Waals surface area contributed by atoms with Gasteiger partial charge in [-0.15, -0.1) is 0 Å². The number of rotatable bonds is 4. The molecule has 0 radical (unpaired) electrons. The highest BCUT2D eigenvalue weighted by molar-refractivity contribution is 6.09. The molecule has 0 bridgehead atoms. The van der Waals surface area contributed by atoms with Gasteiger partial charge in [-0.2, -0.15) is 5.26 Å². The highest BCUT2D eigenvalue weighted by atomic mass is 16.4. The van der Waals surface area contributed by atoms with E-state index in [2.05, 4.69) is 10.2 Å². The van der Waals surface area contributed by atoms with Gasteiger partial charge in [0, 0.05) is 30.9 Å². The summed E-state index contributed by atoms with van der Waals surface area (Å²) in [6.45, 7) is 5.96. The standard InChI is InChI=1S/C21H23N3O2/c1-15-6-7-18(12-16(15)2)23-21(25)17(14-22)13-19-8-9-20(26-19)24-10-4-3-5-11-24/h6-9,12-13H,3-5,10-11H2,1-2H3,(H,23,25)/b17-13+.